The van der Waals surface area contributed by atoms with Crippen molar-refractivity contribution in [3.8, 4) is 0 Å². The molecule has 2 aromatic heterocycles. The Kier molecular flexibility index (Phi) is 5.34. The maximum absolute atomic E-state index is 6.58. The van der Waals surface area contributed by atoms with Crippen LogP contribution >= 0.6 is 34.5 Å². The van der Waals surface area contributed by atoms with Gasteiger partial charge >= 0.3 is 0 Å². The lowest BCUT2D eigenvalue weighted by Gasteiger charge is -2.26. The highest BCUT2D eigenvalue weighted by Gasteiger charge is 2.24. The molecule has 0 bridgehead atoms. The van der Waals surface area contributed by atoms with Gasteiger partial charge in [-0.25, -0.2) is 15.0 Å². The summed E-state index contributed by atoms with van der Waals surface area (Å²) in [6, 6.07) is 13.8. The zero-order valence-electron chi connectivity index (χ0n) is 17.1. The molecule has 0 amide bonds. The topological polar surface area (TPSA) is 67.9 Å². The molecule has 0 saturated heterocycles. The number of para-hydroxylation sites is 1. The molecule has 0 aliphatic rings. The molecular formula is C22H21Cl2N5S. The summed E-state index contributed by atoms with van der Waals surface area (Å²) in [6.45, 7) is 8.36. The van der Waals surface area contributed by atoms with Gasteiger partial charge in [-0.3, -0.25) is 4.90 Å². The Morgan fingerprint density at radius 1 is 0.933 bits per heavy atom. The van der Waals surface area contributed by atoms with Crippen molar-refractivity contribution < 1.29 is 0 Å². The Labute approximate surface area is 189 Å². The summed E-state index contributed by atoms with van der Waals surface area (Å²) < 4.78 is 0. The summed E-state index contributed by atoms with van der Waals surface area (Å²) in [5.41, 5.74) is 9.49. The van der Waals surface area contributed by atoms with Crippen LogP contribution in [0.1, 0.15) is 32.2 Å². The number of thiazole rings is 1. The van der Waals surface area contributed by atoms with Gasteiger partial charge < -0.3 is 5.73 Å². The van der Waals surface area contributed by atoms with Gasteiger partial charge in [0, 0.05) is 5.69 Å². The zero-order chi connectivity index (χ0) is 21.6. The number of benzene rings is 2. The summed E-state index contributed by atoms with van der Waals surface area (Å²) >= 11 is 14.6. The van der Waals surface area contributed by atoms with Gasteiger partial charge in [-0.1, -0.05) is 73.5 Å². The number of hydrogen-bond acceptors (Lipinski definition) is 6. The number of hydrogen-bond donors (Lipinski definition) is 1. The normalized spacial score (nSPS) is 11.8. The van der Waals surface area contributed by atoms with Crippen LogP contribution in [0.4, 0.5) is 22.3 Å². The van der Waals surface area contributed by atoms with E-state index in [1.54, 1.807) is 0 Å². The Morgan fingerprint density at radius 2 is 1.57 bits per heavy atom. The summed E-state index contributed by atoms with van der Waals surface area (Å²) in [6.07, 6.45) is 0. The summed E-state index contributed by atoms with van der Waals surface area (Å²) in [4.78, 5) is 16.1. The van der Waals surface area contributed by atoms with Crippen molar-refractivity contribution in [3.05, 3.63) is 63.9 Å². The Hall–Kier alpha value is -2.41. The van der Waals surface area contributed by atoms with Crippen LogP contribution in [-0.4, -0.2) is 15.0 Å². The zero-order valence-corrected chi connectivity index (χ0v) is 19.4. The quantitative estimate of drug-likeness (QED) is 0.356. The molecule has 4 rings (SSSR count). The summed E-state index contributed by atoms with van der Waals surface area (Å²) in [5.74, 6) is 0.959. The highest BCUT2D eigenvalue weighted by Crippen LogP contribution is 2.45. The van der Waals surface area contributed by atoms with Gasteiger partial charge in [-0.2, -0.15) is 0 Å². The molecule has 2 N–H and O–H groups in total. The molecule has 5 nitrogen and oxygen atoms in total. The molecule has 0 atom stereocenters. The molecule has 0 spiro atoms. The standard InChI is InChI=1S/C22H21Cl2N5S/c1-12-26-19(25)17-20(27-12)30-21(28-17)29(18-15(23)6-5-7-16(18)24)14-10-8-13(9-11-14)22(2,3)4/h5-11H,1-4H3,(H2,25,26,27). The summed E-state index contributed by atoms with van der Waals surface area (Å²) in [7, 11) is 0. The van der Waals surface area contributed by atoms with E-state index in [1.807, 2.05) is 42.2 Å². The molecule has 0 radical (unpaired) electrons. The van der Waals surface area contributed by atoms with Crippen molar-refractivity contribution in [3.63, 3.8) is 0 Å². The van der Waals surface area contributed by atoms with E-state index in [0.29, 0.717) is 38.0 Å². The number of rotatable bonds is 3. The molecule has 30 heavy (non-hydrogen) atoms. The third kappa shape index (κ3) is 3.83. The first-order valence-corrected chi connectivity index (χ1v) is 11.0. The van der Waals surface area contributed by atoms with E-state index in [-0.39, 0.29) is 5.41 Å². The number of nitrogen functional groups attached to an aromatic ring is 1. The lowest BCUT2D eigenvalue weighted by atomic mass is 9.87. The predicted molar refractivity (Wildman–Crippen MR) is 128 cm³/mol. The van der Waals surface area contributed by atoms with Crippen LogP contribution in [0, 0.1) is 6.92 Å². The first-order chi connectivity index (χ1) is 14.1. The number of aromatic nitrogens is 3. The van der Waals surface area contributed by atoms with E-state index in [0.717, 1.165) is 10.5 Å². The van der Waals surface area contributed by atoms with E-state index in [9.17, 15) is 0 Å². The second-order valence-corrected chi connectivity index (χ2v) is 9.78. The van der Waals surface area contributed by atoms with Gasteiger partial charge in [0.1, 0.15) is 11.3 Å². The number of nitrogens with two attached hydrogens (primary N) is 1. The minimum atomic E-state index is 0.0445. The highest BCUT2D eigenvalue weighted by atomic mass is 35.5. The first-order valence-electron chi connectivity index (χ1n) is 9.40. The van der Waals surface area contributed by atoms with Crippen molar-refractivity contribution in [2.75, 3.05) is 10.6 Å². The van der Waals surface area contributed by atoms with Crippen molar-refractivity contribution in [1.29, 1.82) is 0 Å². The fraction of sp³-hybridized carbons (Fsp3) is 0.227. The van der Waals surface area contributed by atoms with E-state index < -0.39 is 0 Å². The van der Waals surface area contributed by atoms with Gasteiger partial charge in [-0.05, 0) is 42.2 Å². The average Bonchev–Trinajstić information content (AvgIpc) is 3.08. The number of nitrogens with zero attached hydrogens (tertiary/aromatic N) is 4. The SMILES string of the molecule is Cc1nc(N)c2nc(N(c3ccc(C(C)(C)C)cc3)c3c(Cl)cccc3Cl)sc2n1. The van der Waals surface area contributed by atoms with Crippen molar-refractivity contribution in [1.82, 2.24) is 15.0 Å². The van der Waals surface area contributed by atoms with E-state index in [4.69, 9.17) is 33.9 Å². The smallest absolute Gasteiger partial charge is 0.197 e. The first kappa shape index (κ1) is 20.8. The highest BCUT2D eigenvalue weighted by molar-refractivity contribution is 7.22. The van der Waals surface area contributed by atoms with Crippen LogP contribution in [0.2, 0.25) is 10.0 Å². The number of halogens is 2. The largest absolute Gasteiger partial charge is 0.382 e. The van der Waals surface area contributed by atoms with Gasteiger partial charge in [-0.15, -0.1) is 0 Å². The van der Waals surface area contributed by atoms with Crippen LogP contribution in [-0.2, 0) is 5.41 Å². The number of fused-ring (bicyclic) bond motifs is 1. The molecule has 154 valence electrons. The van der Waals surface area contributed by atoms with Gasteiger partial charge in [0.25, 0.3) is 0 Å². The Morgan fingerprint density at radius 3 is 2.17 bits per heavy atom. The number of aryl methyl sites for hydroxylation is 1. The molecule has 8 heteroatoms. The molecule has 0 aliphatic carbocycles. The minimum Gasteiger partial charge on any atom is -0.382 e. The predicted octanol–water partition coefficient (Wildman–Crippen LogP) is 7.05. The second-order valence-electron chi connectivity index (χ2n) is 8.01. The molecule has 2 heterocycles. The van der Waals surface area contributed by atoms with Gasteiger partial charge in [0.05, 0.1) is 15.7 Å². The summed E-state index contributed by atoms with van der Waals surface area (Å²) in [5, 5.41) is 1.71. The molecule has 4 aromatic rings. The van der Waals surface area contributed by atoms with Crippen molar-refractivity contribution >= 4 is 67.2 Å². The molecule has 0 aliphatic heterocycles. The van der Waals surface area contributed by atoms with Gasteiger partial charge in [0.15, 0.2) is 15.8 Å². The lowest BCUT2D eigenvalue weighted by Crippen LogP contribution is -2.13. The maximum atomic E-state index is 6.58. The fourth-order valence-corrected chi connectivity index (χ4v) is 4.78. The second kappa shape index (κ2) is 7.69. The molecule has 0 saturated carbocycles. The molecule has 0 unspecified atom stereocenters. The Bertz CT molecular complexity index is 1210. The van der Waals surface area contributed by atoms with Crippen LogP contribution in [0.5, 0.6) is 0 Å². The third-order valence-corrected chi connectivity index (χ3v) is 6.27. The molecular weight excluding hydrogens is 437 g/mol. The fourth-order valence-electron chi connectivity index (χ4n) is 3.19. The lowest BCUT2D eigenvalue weighted by molar-refractivity contribution is 0.590. The number of anilines is 4. The minimum absolute atomic E-state index is 0.0445. The van der Waals surface area contributed by atoms with Crippen LogP contribution in [0.3, 0.4) is 0 Å². The average molecular weight is 458 g/mol. The van der Waals surface area contributed by atoms with E-state index in [1.165, 1.54) is 16.9 Å². The van der Waals surface area contributed by atoms with Gasteiger partial charge in [0.2, 0.25) is 0 Å². The van der Waals surface area contributed by atoms with E-state index >= 15 is 0 Å². The Balaban J connectivity index is 1.94. The maximum Gasteiger partial charge on any atom is 0.197 e. The van der Waals surface area contributed by atoms with Crippen molar-refractivity contribution in [2.24, 2.45) is 0 Å². The van der Waals surface area contributed by atoms with Crippen LogP contribution < -0.4 is 10.6 Å². The molecule has 2 aromatic carbocycles. The van der Waals surface area contributed by atoms with Crippen LogP contribution in [0.15, 0.2) is 42.5 Å². The monoisotopic (exact) mass is 457 g/mol. The third-order valence-electron chi connectivity index (χ3n) is 4.73. The van der Waals surface area contributed by atoms with Crippen LogP contribution in [0.25, 0.3) is 10.3 Å². The van der Waals surface area contributed by atoms with E-state index in [2.05, 4.69) is 42.9 Å². The molecule has 0 fully saturated rings. The van der Waals surface area contributed by atoms with Crippen molar-refractivity contribution in [2.45, 2.75) is 33.1 Å².